The predicted octanol–water partition coefficient (Wildman–Crippen LogP) is 6.03. The molecule has 0 heterocycles. The molecule has 0 saturated heterocycles. The Morgan fingerprint density at radius 2 is 1.70 bits per heavy atom. The Hall–Kier alpha value is 0.257. The van der Waals surface area contributed by atoms with Gasteiger partial charge in [-0.3, -0.25) is 0 Å². The van der Waals surface area contributed by atoms with Gasteiger partial charge in [-0.1, -0.05) is 59.9 Å². The summed E-state index contributed by atoms with van der Waals surface area (Å²) in [6.45, 7) is 11.1. The summed E-state index contributed by atoms with van der Waals surface area (Å²) in [5, 5.41) is 1.78. The number of hydrogen-bond acceptors (Lipinski definition) is 2. The summed E-state index contributed by atoms with van der Waals surface area (Å²) in [5.41, 5.74) is 7.15. The van der Waals surface area contributed by atoms with Crippen molar-refractivity contribution in [3.63, 3.8) is 0 Å². The van der Waals surface area contributed by atoms with Gasteiger partial charge in [-0.15, -0.1) is 0 Å². The molecular weight excluding hydrogens is 377 g/mol. The molecule has 114 valence electrons. The van der Waals surface area contributed by atoms with Crippen molar-refractivity contribution in [1.29, 1.82) is 0 Å². The van der Waals surface area contributed by atoms with Crippen molar-refractivity contribution in [2.75, 3.05) is 11.1 Å². The largest absolute Gasteiger partial charge is 0.409 e. The molecule has 20 heavy (non-hydrogen) atoms. The van der Waals surface area contributed by atoms with Gasteiger partial charge in [-0.2, -0.15) is 0 Å². The van der Waals surface area contributed by atoms with Crippen LogP contribution in [0.3, 0.4) is 0 Å². The lowest BCUT2D eigenvalue weighted by molar-refractivity contribution is 0.208. The molecule has 6 heteroatoms. The minimum atomic E-state index is -1.87. The van der Waals surface area contributed by atoms with Crippen LogP contribution in [0, 0.1) is 0 Å². The number of anilines is 1. The van der Waals surface area contributed by atoms with E-state index in [0.717, 1.165) is 5.56 Å². The van der Waals surface area contributed by atoms with E-state index < -0.39 is 8.32 Å². The zero-order chi connectivity index (χ0) is 15.7. The van der Waals surface area contributed by atoms with Gasteiger partial charge in [-0.25, -0.2) is 0 Å². The lowest BCUT2D eigenvalue weighted by Crippen LogP contribution is -2.42. The molecule has 0 amide bonds. The van der Waals surface area contributed by atoms with Crippen LogP contribution in [0.5, 0.6) is 0 Å². The second-order valence-corrected chi connectivity index (χ2v) is 12.6. The SMILES string of the molecule is CC(C)(C)[Si](C)(C)OC(CBr)c1cc(Cl)c(N)c(Cl)c1. The van der Waals surface area contributed by atoms with Crippen LogP contribution in [-0.4, -0.2) is 13.6 Å². The minimum absolute atomic E-state index is 0.0773. The van der Waals surface area contributed by atoms with E-state index in [-0.39, 0.29) is 11.1 Å². The first-order chi connectivity index (χ1) is 8.99. The molecule has 0 fully saturated rings. The second kappa shape index (κ2) is 6.57. The highest BCUT2D eigenvalue weighted by atomic mass is 79.9. The van der Waals surface area contributed by atoms with E-state index in [1.54, 1.807) is 0 Å². The standard InChI is InChI=1S/C14H22BrCl2NOSi/c1-14(2,3)20(4,5)19-12(8-15)9-6-10(16)13(18)11(17)7-9/h6-7,12H,8,18H2,1-5H3. The van der Waals surface area contributed by atoms with Crippen molar-refractivity contribution >= 4 is 53.1 Å². The Morgan fingerprint density at radius 1 is 1.25 bits per heavy atom. The van der Waals surface area contributed by atoms with Crippen LogP contribution in [-0.2, 0) is 4.43 Å². The van der Waals surface area contributed by atoms with Crippen LogP contribution in [0.15, 0.2) is 12.1 Å². The molecule has 1 aromatic carbocycles. The molecular formula is C14H22BrCl2NOSi. The Balaban J connectivity index is 3.09. The van der Waals surface area contributed by atoms with Gasteiger partial charge in [0.2, 0.25) is 0 Å². The first kappa shape index (κ1) is 18.3. The summed E-state index contributed by atoms with van der Waals surface area (Å²) in [7, 11) is -1.87. The first-order valence-electron chi connectivity index (χ1n) is 6.48. The van der Waals surface area contributed by atoms with Crippen molar-refractivity contribution in [3.05, 3.63) is 27.7 Å². The number of nitrogens with two attached hydrogens (primary N) is 1. The summed E-state index contributed by atoms with van der Waals surface area (Å²) in [5.74, 6) is 0. The Bertz CT molecular complexity index is 466. The first-order valence-corrected chi connectivity index (χ1v) is 11.3. The highest BCUT2D eigenvalue weighted by Gasteiger charge is 2.39. The van der Waals surface area contributed by atoms with Crippen LogP contribution in [0.4, 0.5) is 5.69 Å². The topological polar surface area (TPSA) is 35.2 Å². The Labute approximate surface area is 141 Å². The summed E-state index contributed by atoms with van der Waals surface area (Å²) in [6, 6.07) is 3.67. The number of hydrogen-bond donors (Lipinski definition) is 1. The normalized spacial score (nSPS) is 14.4. The number of rotatable bonds is 4. The van der Waals surface area contributed by atoms with Gasteiger partial charge in [0, 0.05) is 5.33 Å². The van der Waals surface area contributed by atoms with Crippen molar-refractivity contribution in [2.45, 2.75) is 45.0 Å². The van der Waals surface area contributed by atoms with E-state index in [2.05, 4.69) is 49.8 Å². The number of benzene rings is 1. The van der Waals surface area contributed by atoms with E-state index in [1.165, 1.54) is 0 Å². The average molecular weight is 399 g/mol. The number of alkyl halides is 1. The number of halogens is 3. The molecule has 2 N–H and O–H groups in total. The highest BCUT2D eigenvalue weighted by Crippen LogP contribution is 2.41. The highest BCUT2D eigenvalue weighted by molar-refractivity contribution is 9.09. The molecule has 2 nitrogen and oxygen atoms in total. The predicted molar refractivity (Wildman–Crippen MR) is 95.7 cm³/mol. The van der Waals surface area contributed by atoms with Gasteiger partial charge in [0.05, 0.1) is 21.8 Å². The van der Waals surface area contributed by atoms with E-state index >= 15 is 0 Å². The fourth-order valence-electron chi connectivity index (χ4n) is 1.51. The smallest absolute Gasteiger partial charge is 0.192 e. The maximum atomic E-state index is 6.42. The fourth-order valence-corrected chi connectivity index (χ4v) is 4.05. The maximum absolute atomic E-state index is 6.42. The van der Waals surface area contributed by atoms with Gasteiger partial charge in [0.1, 0.15) is 0 Å². The third-order valence-electron chi connectivity index (χ3n) is 3.86. The molecule has 0 spiro atoms. The second-order valence-electron chi connectivity index (χ2n) is 6.42. The summed E-state index contributed by atoms with van der Waals surface area (Å²) < 4.78 is 6.42. The van der Waals surface area contributed by atoms with Crippen molar-refractivity contribution < 1.29 is 4.43 Å². The molecule has 1 atom stereocenters. The zero-order valence-electron chi connectivity index (χ0n) is 12.6. The van der Waals surface area contributed by atoms with Gasteiger partial charge in [0.25, 0.3) is 0 Å². The van der Waals surface area contributed by atoms with Gasteiger partial charge in [0.15, 0.2) is 8.32 Å². The van der Waals surface area contributed by atoms with Crippen LogP contribution in [0.2, 0.25) is 28.2 Å². The van der Waals surface area contributed by atoms with Crippen LogP contribution >= 0.6 is 39.1 Å². The molecule has 0 aliphatic heterocycles. The molecule has 0 aliphatic carbocycles. The maximum Gasteiger partial charge on any atom is 0.192 e. The monoisotopic (exact) mass is 397 g/mol. The molecule has 0 saturated carbocycles. The summed E-state index contributed by atoms with van der Waals surface area (Å²) >= 11 is 15.7. The molecule has 0 aliphatic rings. The summed E-state index contributed by atoms with van der Waals surface area (Å²) in [6.07, 6.45) is -0.0773. The third kappa shape index (κ3) is 4.14. The molecule has 0 aromatic heterocycles. The van der Waals surface area contributed by atoms with E-state index in [4.69, 9.17) is 33.4 Å². The van der Waals surface area contributed by atoms with Crippen molar-refractivity contribution in [3.8, 4) is 0 Å². The molecule has 1 rings (SSSR count). The lowest BCUT2D eigenvalue weighted by atomic mass is 10.1. The van der Waals surface area contributed by atoms with Crippen LogP contribution in [0.25, 0.3) is 0 Å². The van der Waals surface area contributed by atoms with E-state index in [0.29, 0.717) is 21.1 Å². The third-order valence-corrected chi connectivity index (χ3v) is 9.56. The average Bonchev–Trinajstić information content (AvgIpc) is 2.31. The van der Waals surface area contributed by atoms with Crippen LogP contribution < -0.4 is 5.73 Å². The fraction of sp³-hybridized carbons (Fsp3) is 0.571. The van der Waals surface area contributed by atoms with Crippen LogP contribution in [0.1, 0.15) is 32.4 Å². The molecule has 0 radical (unpaired) electrons. The quantitative estimate of drug-likeness (QED) is 0.381. The minimum Gasteiger partial charge on any atom is -0.409 e. The zero-order valence-corrected chi connectivity index (χ0v) is 16.7. The van der Waals surface area contributed by atoms with Gasteiger partial charge in [-0.05, 0) is 35.8 Å². The number of nitrogen functional groups attached to an aromatic ring is 1. The van der Waals surface area contributed by atoms with E-state index in [1.807, 2.05) is 12.1 Å². The molecule has 1 aromatic rings. The lowest BCUT2D eigenvalue weighted by Gasteiger charge is -2.39. The van der Waals surface area contributed by atoms with Gasteiger partial charge < -0.3 is 10.2 Å². The van der Waals surface area contributed by atoms with E-state index in [9.17, 15) is 0 Å². The molecule has 0 bridgehead atoms. The molecule has 1 unspecified atom stereocenters. The summed E-state index contributed by atoms with van der Waals surface area (Å²) in [4.78, 5) is 0. The van der Waals surface area contributed by atoms with Crippen molar-refractivity contribution in [1.82, 2.24) is 0 Å². The Kier molecular flexibility index (Phi) is 6.01. The van der Waals surface area contributed by atoms with Crippen molar-refractivity contribution in [2.24, 2.45) is 0 Å². The van der Waals surface area contributed by atoms with Gasteiger partial charge >= 0.3 is 0 Å². The Morgan fingerprint density at radius 3 is 2.05 bits per heavy atom.